The second kappa shape index (κ2) is 11.5. The summed E-state index contributed by atoms with van der Waals surface area (Å²) in [7, 11) is -0.693. The Balaban J connectivity index is 1.36. The lowest BCUT2D eigenvalue weighted by Crippen LogP contribution is -2.30. The van der Waals surface area contributed by atoms with Gasteiger partial charge in [0.25, 0.3) is 0 Å². The summed E-state index contributed by atoms with van der Waals surface area (Å²) >= 11 is 0. The maximum atomic E-state index is 14.1. The van der Waals surface area contributed by atoms with Crippen LogP contribution in [0.2, 0.25) is 0 Å². The van der Waals surface area contributed by atoms with E-state index in [2.05, 4.69) is 10.3 Å². The fourth-order valence-corrected chi connectivity index (χ4v) is 6.25. The first kappa shape index (κ1) is 27.3. The predicted octanol–water partition coefficient (Wildman–Crippen LogP) is 6.06. The molecule has 0 atom stereocenters. The largest absolute Gasteiger partial charge is 0.497 e. The van der Waals surface area contributed by atoms with E-state index in [0.717, 1.165) is 27.8 Å². The molecule has 9 nitrogen and oxygen atoms in total. The average molecular weight is 581 g/mol. The van der Waals surface area contributed by atoms with Gasteiger partial charge in [-0.15, -0.1) is 0 Å². The third-order valence-corrected chi connectivity index (χ3v) is 8.83. The zero-order valence-electron chi connectivity index (χ0n) is 23.0. The lowest BCUT2D eigenvalue weighted by atomic mass is 10.0. The monoisotopic (exact) mass is 580 g/mol. The minimum atomic E-state index is -3.89. The smallest absolute Gasteiger partial charge is 0.243 e. The summed E-state index contributed by atoms with van der Waals surface area (Å²) in [4.78, 5) is 0.186. The second-order valence-electron chi connectivity index (χ2n) is 9.62. The van der Waals surface area contributed by atoms with Gasteiger partial charge in [-0.2, -0.15) is 9.40 Å². The highest BCUT2D eigenvalue weighted by Gasteiger charge is 2.26. The lowest BCUT2D eigenvalue weighted by Gasteiger charge is -2.23. The van der Waals surface area contributed by atoms with Gasteiger partial charge in [-0.05, 0) is 65.2 Å². The summed E-state index contributed by atoms with van der Waals surface area (Å²) in [6.45, 7) is 0.369. The Bertz CT molecular complexity index is 1850. The number of rotatable bonds is 10. The average Bonchev–Trinajstić information content (AvgIpc) is 3.70. The highest BCUT2D eigenvalue weighted by molar-refractivity contribution is 7.89. The topological polar surface area (TPSA) is 99.2 Å². The van der Waals surface area contributed by atoms with E-state index in [9.17, 15) is 8.42 Å². The fraction of sp³-hybridized carbons (Fsp3) is 0.125. The first-order valence-electron chi connectivity index (χ1n) is 13.2. The Labute approximate surface area is 243 Å². The zero-order chi connectivity index (χ0) is 29.1. The Morgan fingerprint density at radius 3 is 1.95 bits per heavy atom. The predicted molar refractivity (Wildman–Crippen MR) is 159 cm³/mol. The molecular formula is C32H28N4O5S. The van der Waals surface area contributed by atoms with Crippen LogP contribution in [0.25, 0.3) is 28.1 Å². The van der Waals surface area contributed by atoms with Crippen molar-refractivity contribution in [2.24, 2.45) is 0 Å². The van der Waals surface area contributed by atoms with Gasteiger partial charge < -0.3 is 14.0 Å². The SMILES string of the molecule is COc1ccc(CN(Cc2ccc(OC)cc2)S(=O)(=O)c2ccc(-c3c(-c4ccno4)nn4ccccc34)cc2)cc1. The molecule has 10 heteroatoms. The number of nitrogens with zero attached hydrogens (tertiary/aromatic N) is 4. The molecular weight excluding hydrogens is 552 g/mol. The van der Waals surface area contributed by atoms with Gasteiger partial charge in [0.1, 0.15) is 17.2 Å². The molecule has 0 bridgehead atoms. The van der Waals surface area contributed by atoms with Crippen molar-refractivity contribution < 1.29 is 22.4 Å². The van der Waals surface area contributed by atoms with Crippen molar-refractivity contribution in [3.05, 3.63) is 121 Å². The summed E-state index contributed by atoms with van der Waals surface area (Å²) in [6, 6.07) is 29.2. The highest BCUT2D eigenvalue weighted by atomic mass is 32.2. The van der Waals surface area contributed by atoms with Crippen molar-refractivity contribution in [2.45, 2.75) is 18.0 Å². The van der Waals surface area contributed by atoms with Gasteiger partial charge in [-0.3, -0.25) is 0 Å². The first-order valence-corrected chi connectivity index (χ1v) is 14.6. The van der Waals surface area contributed by atoms with Gasteiger partial charge >= 0.3 is 0 Å². The normalized spacial score (nSPS) is 11.7. The van der Waals surface area contributed by atoms with Crippen LogP contribution < -0.4 is 9.47 Å². The van der Waals surface area contributed by atoms with Crippen LogP contribution in [0.5, 0.6) is 11.5 Å². The Hall–Kier alpha value is -4.93. The van der Waals surface area contributed by atoms with Crippen molar-refractivity contribution in [1.82, 2.24) is 19.1 Å². The van der Waals surface area contributed by atoms with Gasteiger partial charge in [-0.1, -0.05) is 47.6 Å². The van der Waals surface area contributed by atoms with E-state index in [1.54, 1.807) is 55.3 Å². The summed E-state index contributed by atoms with van der Waals surface area (Å²) in [5.41, 5.74) is 4.79. The second-order valence-corrected chi connectivity index (χ2v) is 11.6. The molecule has 0 amide bonds. The summed E-state index contributed by atoms with van der Waals surface area (Å²) in [5.74, 6) is 1.93. The van der Waals surface area contributed by atoms with Crippen LogP contribution >= 0.6 is 0 Å². The Kier molecular flexibility index (Phi) is 7.47. The maximum Gasteiger partial charge on any atom is 0.243 e. The molecule has 0 saturated carbocycles. The van der Waals surface area contributed by atoms with E-state index in [0.29, 0.717) is 23.0 Å². The number of pyridine rings is 1. The van der Waals surface area contributed by atoms with E-state index in [1.165, 1.54) is 4.31 Å². The van der Waals surface area contributed by atoms with Gasteiger partial charge in [0.15, 0.2) is 5.76 Å². The van der Waals surface area contributed by atoms with Crippen LogP contribution in [0, 0.1) is 0 Å². The number of benzene rings is 3. The van der Waals surface area contributed by atoms with Crippen LogP contribution in [-0.4, -0.2) is 41.7 Å². The van der Waals surface area contributed by atoms with Gasteiger partial charge in [-0.25, -0.2) is 12.9 Å². The molecule has 0 unspecified atom stereocenters. The van der Waals surface area contributed by atoms with Crippen LogP contribution in [0.3, 0.4) is 0 Å². The van der Waals surface area contributed by atoms with Gasteiger partial charge in [0, 0.05) is 30.9 Å². The third-order valence-electron chi connectivity index (χ3n) is 7.03. The van der Waals surface area contributed by atoms with Crippen molar-refractivity contribution in [1.29, 1.82) is 0 Å². The molecule has 212 valence electrons. The number of hydrogen-bond donors (Lipinski definition) is 0. The molecule has 0 spiro atoms. The Morgan fingerprint density at radius 1 is 0.786 bits per heavy atom. The number of methoxy groups -OCH3 is 2. The van der Waals surface area contributed by atoms with E-state index >= 15 is 0 Å². The molecule has 0 aliphatic carbocycles. The Morgan fingerprint density at radius 2 is 1.40 bits per heavy atom. The molecule has 0 saturated heterocycles. The molecule has 3 aromatic heterocycles. The number of ether oxygens (including phenoxy) is 2. The molecule has 3 heterocycles. The first-order chi connectivity index (χ1) is 20.5. The van der Waals surface area contributed by atoms with E-state index < -0.39 is 10.0 Å². The van der Waals surface area contributed by atoms with Gasteiger partial charge in [0.05, 0.1) is 30.8 Å². The lowest BCUT2D eigenvalue weighted by molar-refractivity contribution is 0.397. The molecule has 6 rings (SSSR count). The quantitative estimate of drug-likeness (QED) is 0.194. The van der Waals surface area contributed by atoms with Crippen LogP contribution in [-0.2, 0) is 23.1 Å². The van der Waals surface area contributed by atoms with Crippen LogP contribution in [0.1, 0.15) is 11.1 Å². The summed E-state index contributed by atoms with van der Waals surface area (Å²) in [5, 5.41) is 8.52. The van der Waals surface area contributed by atoms with E-state index in [1.807, 2.05) is 72.9 Å². The van der Waals surface area contributed by atoms with Gasteiger partial charge in [0.2, 0.25) is 10.0 Å². The van der Waals surface area contributed by atoms with Crippen LogP contribution in [0.15, 0.2) is 119 Å². The molecule has 0 aliphatic heterocycles. The van der Waals surface area contributed by atoms with Crippen LogP contribution in [0.4, 0.5) is 0 Å². The minimum absolute atomic E-state index is 0.184. The third kappa shape index (κ3) is 5.37. The number of aromatic nitrogens is 3. The fourth-order valence-electron chi connectivity index (χ4n) is 4.83. The van der Waals surface area contributed by atoms with Crippen molar-refractivity contribution in [3.8, 4) is 34.1 Å². The standard InChI is InChI=1S/C32H28N4O5S/c1-39-26-12-6-23(7-13-26)21-35(22-24-8-14-27(40-2)15-9-24)42(37,38)28-16-10-25(11-17-28)31-29-5-3-4-20-36(29)34-32(31)30-18-19-33-41-30/h3-20H,21-22H2,1-2H3. The molecule has 0 aliphatic rings. The van der Waals surface area contributed by atoms with E-state index in [-0.39, 0.29) is 18.0 Å². The number of fused-ring (bicyclic) bond motifs is 1. The highest BCUT2D eigenvalue weighted by Crippen LogP contribution is 2.36. The summed E-state index contributed by atoms with van der Waals surface area (Å²) < 4.78 is 47.4. The molecule has 0 fully saturated rings. The van der Waals surface area contributed by atoms with Crippen molar-refractivity contribution in [2.75, 3.05) is 14.2 Å². The molecule has 3 aromatic carbocycles. The number of sulfonamides is 1. The van der Waals surface area contributed by atoms with Crippen molar-refractivity contribution >= 4 is 15.5 Å². The van der Waals surface area contributed by atoms with E-state index in [4.69, 9.17) is 14.0 Å². The summed E-state index contributed by atoms with van der Waals surface area (Å²) in [6.07, 6.45) is 3.42. The minimum Gasteiger partial charge on any atom is -0.497 e. The van der Waals surface area contributed by atoms with Crippen molar-refractivity contribution in [3.63, 3.8) is 0 Å². The number of hydrogen-bond acceptors (Lipinski definition) is 7. The molecule has 0 radical (unpaired) electrons. The molecule has 42 heavy (non-hydrogen) atoms. The zero-order valence-corrected chi connectivity index (χ0v) is 23.9. The molecule has 6 aromatic rings. The molecule has 0 N–H and O–H groups in total. The maximum absolute atomic E-state index is 14.1.